The fraction of sp³-hybridized carbons (Fsp3) is 0.111. The van der Waals surface area contributed by atoms with Gasteiger partial charge < -0.3 is 5.11 Å². The van der Waals surface area contributed by atoms with E-state index in [4.69, 9.17) is 5.11 Å². The van der Waals surface area contributed by atoms with Crippen molar-refractivity contribution >= 4 is 15.7 Å². The van der Waals surface area contributed by atoms with Crippen molar-refractivity contribution < 1.29 is 13.5 Å². The van der Waals surface area contributed by atoms with Gasteiger partial charge in [-0.15, -0.1) is 0 Å². The summed E-state index contributed by atoms with van der Waals surface area (Å²) in [4.78, 5) is 0. The number of rotatable bonds is 4. The molecule has 1 aromatic rings. The van der Waals surface area contributed by atoms with Crippen LogP contribution in [0.25, 0.3) is 0 Å². The van der Waals surface area contributed by atoms with Crippen molar-refractivity contribution in [3.05, 3.63) is 41.8 Å². The van der Waals surface area contributed by atoms with Gasteiger partial charge in [0.1, 0.15) is 0 Å². The van der Waals surface area contributed by atoms with E-state index in [1.54, 1.807) is 30.3 Å². The number of hydrogen-bond donors (Lipinski definition) is 2. The molecule has 1 aromatic carbocycles. The highest BCUT2D eigenvalue weighted by Crippen LogP contribution is 2.08. The number of anilines is 1. The highest BCUT2D eigenvalue weighted by molar-refractivity contribution is 7.95. The lowest BCUT2D eigenvalue weighted by Gasteiger charge is -2.02. The van der Waals surface area contributed by atoms with Crippen LogP contribution >= 0.6 is 0 Å². The first-order chi connectivity index (χ1) is 6.64. The van der Waals surface area contributed by atoms with E-state index in [9.17, 15) is 8.42 Å². The first kappa shape index (κ1) is 10.7. The molecular formula is C9H11NO3S. The lowest BCUT2D eigenvalue weighted by Crippen LogP contribution is -2.08. The van der Waals surface area contributed by atoms with Gasteiger partial charge in [-0.1, -0.05) is 18.2 Å². The summed E-state index contributed by atoms with van der Waals surface area (Å²) in [5, 5.41) is 9.35. The average molecular weight is 213 g/mol. The minimum absolute atomic E-state index is 0.296. The Morgan fingerprint density at radius 2 is 1.93 bits per heavy atom. The van der Waals surface area contributed by atoms with E-state index in [2.05, 4.69) is 4.72 Å². The van der Waals surface area contributed by atoms with Gasteiger partial charge >= 0.3 is 0 Å². The molecule has 14 heavy (non-hydrogen) atoms. The van der Waals surface area contributed by atoms with Gasteiger partial charge in [-0.2, -0.15) is 0 Å². The summed E-state index contributed by atoms with van der Waals surface area (Å²) in [5.41, 5.74) is 0.495. The normalized spacial score (nSPS) is 11.8. The molecule has 0 heterocycles. The summed E-state index contributed by atoms with van der Waals surface area (Å²) < 4.78 is 24.8. The smallest absolute Gasteiger partial charge is 0.254 e. The van der Waals surface area contributed by atoms with Crippen LogP contribution in [0.5, 0.6) is 0 Å². The fourth-order valence-electron chi connectivity index (χ4n) is 0.874. The van der Waals surface area contributed by atoms with Gasteiger partial charge in [0.05, 0.1) is 6.61 Å². The largest absolute Gasteiger partial charge is 0.392 e. The van der Waals surface area contributed by atoms with Gasteiger partial charge in [-0.3, -0.25) is 4.72 Å². The number of para-hydroxylation sites is 1. The summed E-state index contributed by atoms with van der Waals surface area (Å²) >= 11 is 0. The number of nitrogens with one attached hydrogen (secondary N) is 1. The number of sulfonamides is 1. The molecule has 0 aliphatic rings. The summed E-state index contributed by atoms with van der Waals surface area (Å²) in [5.74, 6) is 0. The van der Waals surface area contributed by atoms with E-state index in [1.807, 2.05) is 0 Å². The molecule has 0 aliphatic heterocycles. The second-order valence-electron chi connectivity index (χ2n) is 2.57. The summed E-state index contributed by atoms with van der Waals surface area (Å²) in [6, 6.07) is 8.54. The predicted molar refractivity (Wildman–Crippen MR) is 55.2 cm³/mol. The maximum absolute atomic E-state index is 11.2. The van der Waals surface area contributed by atoms with Gasteiger partial charge in [0, 0.05) is 11.1 Å². The van der Waals surface area contributed by atoms with Crippen LogP contribution in [-0.4, -0.2) is 20.1 Å². The van der Waals surface area contributed by atoms with E-state index in [0.717, 1.165) is 11.5 Å². The molecule has 0 aromatic heterocycles. The lowest BCUT2D eigenvalue weighted by atomic mass is 10.3. The zero-order valence-electron chi connectivity index (χ0n) is 7.42. The predicted octanol–water partition coefficient (Wildman–Crippen LogP) is 0.934. The van der Waals surface area contributed by atoms with Crippen molar-refractivity contribution in [2.45, 2.75) is 0 Å². The number of aliphatic hydroxyl groups excluding tert-OH is 1. The van der Waals surface area contributed by atoms with Crippen LogP contribution in [0.1, 0.15) is 0 Å². The van der Waals surface area contributed by atoms with Crippen LogP contribution in [0.4, 0.5) is 5.69 Å². The molecule has 0 atom stereocenters. The molecule has 0 spiro atoms. The maximum atomic E-state index is 11.2. The van der Waals surface area contributed by atoms with Gasteiger partial charge in [0.2, 0.25) is 0 Å². The van der Waals surface area contributed by atoms with Gasteiger partial charge in [0.15, 0.2) is 0 Å². The Labute approximate surface area is 82.9 Å². The van der Waals surface area contributed by atoms with Crippen LogP contribution in [0.15, 0.2) is 41.8 Å². The fourth-order valence-corrected chi connectivity index (χ4v) is 1.75. The SMILES string of the molecule is O=S(=O)(/C=C/CO)Nc1ccccc1. The third-order valence-corrected chi connectivity index (χ3v) is 2.49. The summed E-state index contributed by atoms with van der Waals surface area (Å²) in [6.07, 6.45) is 1.16. The van der Waals surface area contributed by atoms with E-state index in [1.165, 1.54) is 0 Å². The standard InChI is InChI=1S/C9H11NO3S/c11-7-4-8-14(12,13)10-9-5-2-1-3-6-9/h1-6,8,10-11H,7H2/b8-4+. The highest BCUT2D eigenvalue weighted by atomic mass is 32.2. The lowest BCUT2D eigenvalue weighted by molar-refractivity contribution is 0.343. The third kappa shape index (κ3) is 3.59. The van der Waals surface area contributed by atoms with Crippen molar-refractivity contribution in [1.82, 2.24) is 0 Å². The Bertz CT molecular complexity index is 397. The number of hydrogen-bond acceptors (Lipinski definition) is 3. The molecule has 5 heteroatoms. The van der Waals surface area contributed by atoms with E-state index in [-0.39, 0.29) is 6.61 Å². The Hall–Kier alpha value is -1.33. The van der Waals surface area contributed by atoms with Crippen molar-refractivity contribution in [2.24, 2.45) is 0 Å². The minimum Gasteiger partial charge on any atom is -0.392 e. The van der Waals surface area contributed by atoms with Crippen molar-refractivity contribution in [3.63, 3.8) is 0 Å². The Balaban J connectivity index is 2.74. The Morgan fingerprint density at radius 3 is 2.50 bits per heavy atom. The monoisotopic (exact) mass is 213 g/mol. The van der Waals surface area contributed by atoms with Crippen LogP contribution in [0, 0.1) is 0 Å². The molecule has 0 saturated carbocycles. The van der Waals surface area contributed by atoms with Crippen LogP contribution in [0.2, 0.25) is 0 Å². The number of benzene rings is 1. The maximum Gasteiger partial charge on any atom is 0.254 e. The zero-order valence-corrected chi connectivity index (χ0v) is 8.24. The van der Waals surface area contributed by atoms with Crippen LogP contribution in [-0.2, 0) is 10.0 Å². The first-order valence-electron chi connectivity index (χ1n) is 3.99. The van der Waals surface area contributed by atoms with Crippen LogP contribution in [0.3, 0.4) is 0 Å². The Kier molecular flexibility index (Phi) is 3.67. The molecule has 0 amide bonds. The highest BCUT2D eigenvalue weighted by Gasteiger charge is 2.03. The molecular weight excluding hydrogens is 202 g/mol. The molecule has 0 saturated heterocycles. The van der Waals surface area contributed by atoms with Gasteiger partial charge in [0.25, 0.3) is 10.0 Å². The molecule has 1 rings (SSSR count). The van der Waals surface area contributed by atoms with E-state index >= 15 is 0 Å². The third-order valence-electron chi connectivity index (χ3n) is 1.41. The molecule has 2 N–H and O–H groups in total. The molecule has 4 nitrogen and oxygen atoms in total. The van der Waals surface area contributed by atoms with E-state index < -0.39 is 10.0 Å². The topological polar surface area (TPSA) is 66.4 Å². The van der Waals surface area contributed by atoms with Crippen molar-refractivity contribution in [1.29, 1.82) is 0 Å². The first-order valence-corrected chi connectivity index (χ1v) is 5.54. The number of aliphatic hydroxyl groups is 1. The summed E-state index contributed by atoms with van der Waals surface area (Å²) in [6.45, 7) is -0.296. The summed E-state index contributed by atoms with van der Waals surface area (Å²) in [7, 11) is -3.49. The molecule has 0 unspecified atom stereocenters. The van der Waals surface area contributed by atoms with Crippen molar-refractivity contribution in [2.75, 3.05) is 11.3 Å². The van der Waals surface area contributed by atoms with Gasteiger partial charge in [-0.25, -0.2) is 8.42 Å². The quantitative estimate of drug-likeness (QED) is 0.782. The van der Waals surface area contributed by atoms with E-state index in [0.29, 0.717) is 5.69 Å². The second kappa shape index (κ2) is 4.78. The van der Waals surface area contributed by atoms with Crippen LogP contribution < -0.4 is 4.72 Å². The zero-order chi connectivity index (χ0) is 10.4. The van der Waals surface area contributed by atoms with Gasteiger partial charge in [-0.05, 0) is 18.2 Å². The molecule has 0 bridgehead atoms. The van der Waals surface area contributed by atoms with Crippen molar-refractivity contribution in [3.8, 4) is 0 Å². The molecule has 0 fully saturated rings. The molecule has 0 radical (unpaired) electrons. The molecule has 76 valence electrons. The minimum atomic E-state index is -3.49. The molecule has 0 aliphatic carbocycles. The second-order valence-corrected chi connectivity index (χ2v) is 4.13. The Morgan fingerprint density at radius 1 is 1.29 bits per heavy atom. The average Bonchev–Trinajstić information content (AvgIpc) is 2.16.